The minimum absolute atomic E-state index is 0.0390. The number of hydrogen-bond acceptors (Lipinski definition) is 6. The van der Waals surface area contributed by atoms with Crippen molar-refractivity contribution in [3.05, 3.63) is 83.8 Å². The molecule has 0 bridgehead atoms. The van der Waals surface area contributed by atoms with Gasteiger partial charge in [0.2, 0.25) is 5.76 Å². The molecular weight excluding hydrogens is 444 g/mol. The van der Waals surface area contributed by atoms with Gasteiger partial charge in [-0.1, -0.05) is 58.9 Å². The summed E-state index contributed by atoms with van der Waals surface area (Å²) in [5.41, 5.74) is 4.56. The monoisotopic (exact) mass is 476 g/mol. The Kier molecular flexibility index (Phi) is 8.12. The molecule has 1 N–H and O–H groups in total. The summed E-state index contributed by atoms with van der Waals surface area (Å²) < 4.78 is 15.9. The van der Waals surface area contributed by atoms with Crippen molar-refractivity contribution in [2.45, 2.75) is 46.5 Å². The summed E-state index contributed by atoms with van der Waals surface area (Å²) in [6, 6.07) is 17.7. The number of hydrazone groups is 1. The van der Waals surface area contributed by atoms with Gasteiger partial charge in [-0.05, 0) is 64.8 Å². The van der Waals surface area contributed by atoms with Gasteiger partial charge in [0.1, 0.15) is 11.5 Å². The number of ether oxygens (including phenoxy) is 2. The Hall–Kier alpha value is -3.87. The van der Waals surface area contributed by atoms with Crippen LogP contribution in [-0.2, 0) is 10.2 Å². The van der Waals surface area contributed by atoms with Gasteiger partial charge in [0.15, 0.2) is 6.61 Å². The lowest BCUT2D eigenvalue weighted by atomic mass is 9.72. The lowest BCUT2D eigenvalue weighted by Crippen LogP contribution is -2.25. The molecule has 35 heavy (non-hydrogen) atoms. The Bertz CT molecular complexity index is 1160. The third-order valence-electron chi connectivity index (χ3n) is 5.17. The molecule has 7 nitrogen and oxygen atoms in total. The van der Waals surface area contributed by atoms with E-state index in [1.54, 1.807) is 30.3 Å². The van der Waals surface area contributed by atoms with Crippen LogP contribution in [0.2, 0.25) is 0 Å². The van der Waals surface area contributed by atoms with Gasteiger partial charge in [0, 0.05) is 0 Å². The van der Waals surface area contributed by atoms with Gasteiger partial charge in [0.05, 0.1) is 12.5 Å². The summed E-state index contributed by atoms with van der Waals surface area (Å²) in [7, 11) is 0. The van der Waals surface area contributed by atoms with Gasteiger partial charge in [0.25, 0.3) is 5.91 Å². The Labute approximate surface area is 206 Å². The largest absolute Gasteiger partial charge is 0.484 e. The van der Waals surface area contributed by atoms with Crippen molar-refractivity contribution >= 4 is 18.1 Å². The first-order valence-corrected chi connectivity index (χ1v) is 11.4. The number of rotatable bonds is 9. The van der Waals surface area contributed by atoms with Crippen LogP contribution in [0.1, 0.15) is 62.7 Å². The molecule has 0 saturated carbocycles. The smallest absolute Gasteiger partial charge is 0.379 e. The molecule has 3 aromatic rings. The number of hydrogen-bond donors (Lipinski definition) is 1. The van der Waals surface area contributed by atoms with Crippen molar-refractivity contribution in [2.24, 2.45) is 10.5 Å². The van der Waals surface area contributed by atoms with Crippen molar-refractivity contribution in [1.82, 2.24) is 5.43 Å². The van der Waals surface area contributed by atoms with Gasteiger partial charge < -0.3 is 13.9 Å². The Morgan fingerprint density at radius 2 is 1.71 bits per heavy atom. The fourth-order valence-corrected chi connectivity index (χ4v) is 4.00. The molecule has 1 heterocycles. The van der Waals surface area contributed by atoms with Gasteiger partial charge >= 0.3 is 5.97 Å². The normalized spacial score (nSPS) is 11.9. The predicted octanol–water partition coefficient (Wildman–Crippen LogP) is 5.74. The summed E-state index contributed by atoms with van der Waals surface area (Å²) in [6.07, 6.45) is 3.90. The number of esters is 1. The first-order valence-electron chi connectivity index (χ1n) is 11.4. The molecule has 0 fully saturated rings. The second-order valence-corrected chi connectivity index (χ2v) is 10.2. The van der Waals surface area contributed by atoms with Gasteiger partial charge in [-0.15, -0.1) is 0 Å². The number of carbonyl (C=O) groups is 2. The van der Waals surface area contributed by atoms with Crippen molar-refractivity contribution in [1.29, 1.82) is 0 Å². The summed E-state index contributed by atoms with van der Waals surface area (Å²) >= 11 is 0. The van der Waals surface area contributed by atoms with Crippen molar-refractivity contribution < 1.29 is 23.5 Å². The lowest BCUT2D eigenvalue weighted by molar-refractivity contribution is -0.123. The maximum absolute atomic E-state index is 12.1. The lowest BCUT2D eigenvalue weighted by Gasteiger charge is -2.33. The number of furan rings is 1. The van der Waals surface area contributed by atoms with E-state index in [1.807, 2.05) is 24.3 Å². The van der Waals surface area contributed by atoms with Gasteiger partial charge in [-0.2, -0.15) is 5.10 Å². The molecule has 0 aliphatic heterocycles. The highest BCUT2D eigenvalue weighted by molar-refractivity contribution is 5.88. The zero-order valence-electron chi connectivity index (χ0n) is 20.8. The highest BCUT2D eigenvalue weighted by Gasteiger charge is 2.27. The zero-order chi connectivity index (χ0) is 25.5. The third kappa shape index (κ3) is 8.14. The van der Waals surface area contributed by atoms with Crippen molar-refractivity contribution in [3.63, 3.8) is 0 Å². The molecule has 0 spiro atoms. The van der Waals surface area contributed by atoms with E-state index in [2.05, 4.69) is 45.1 Å². The topological polar surface area (TPSA) is 90.1 Å². The first kappa shape index (κ1) is 25.7. The van der Waals surface area contributed by atoms with E-state index in [0.717, 1.165) is 6.42 Å². The van der Waals surface area contributed by atoms with Crippen LogP contribution < -0.4 is 14.9 Å². The van der Waals surface area contributed by atoms with E-state index in [9.17, 15) is 9.59 Å². The van der Waals surface area contributed by atoms with Crippen LogP contribution in [0.4, 0.5) is 0 Å². The minimum atomic E-state index is -0.597. The molecule has 3 rings (SSSR count). The molecule has 7 heteroatoms. The summed E-state index contributed by atoms with van der Waals surface area (Å²) in [4.78, 5) is 24.1. The molecule has 1 aromatic heterocycles. The number of nitrogens with one attached hydrogen (secondary N) is 1. The second kappa shape index (κ2) is 11.0. The molecular formula is C28H32N2O5. The average Bonchev–Trinajstić information content (AvgIpc) is 3.32. The van der Waals surface area contributed by atoms with Crippen molar-refractivity contribution in [3.8, 4) is 11.5 Å². The second-order valence-electron chi connectivity index (χ2n) is 10.2. The van der Waals surface area contributed by atoms with Crippen molar-refractivity contribution in [2.75, 3.05) is 6.61 Å². The van der Waals surface area contributed by atoms with Crippen LogP contribution in [-0.4, -0.2) is 24.7 Å². The molecule has 0 atom stereocenters. The fourth-order valence-electron chi connectivity index (χ4n) is 4.00. The highest BCUT2D eigenvalue weighted by atomic mass is 16.5. The van der Waals surface area contributed by atoms with Gasteiger partial charge in [-0.25, -0.2) is 10.2 Å². The molecule has 0 aliphatic rings. The summed E-state index contributed by atoms with van der Waals surface area (Å²) in [5.74, 6) is 0.0726. The molecule has 0 radical (unpaired) electrons. The Balaban J connectivity index is 1.47. The maximum atomic E-state index is 12.1. The van der Waals surface area contributed by atoms with Crippen LogP contribution in [0, 0.1) is 5.41 Å². The molecule has 184 valence electrons. The Morgan fingerprint density at radius 3 is 2.37 bits per heavy atom. The van der Waals surface area contributed by atoms with Crippen LogP contribution in [0.3, 0.4) is 0 Å². The quantitative estimate of drug-likeness (QED) is 0.184. The summed E-state index contributed by atoms with van der Waals surface area (Å²) in [6.45, 7) is 11.0. The SMILES string of the molecule is CC(C)(C)CC(C)(C)c1ccc(OCC(=O)N/N=C\c2cccc(OC(=O)c3ccco3)c2)cc1. The maximum Gasteiger partial charge on any atom is 0.379 e. The van der Waals surface area contributed by atoms with Crippen LogP contribution >= 0.6 is 0 Å². The minimum Gasteiger partial charge on any atom is -0.484 e. The fraction of sp³-hybridized carbons (Fsp3) is 0.321. The summed E-state index contributed by atoms with van der Waals surface area (Å²) in [5, 5.41) is 3.94. The molecule has 0 unspecified atom stereocenters. The number of benzene rings is 2. The number of amides is 1. The molecule has 0 aliphatic carbocycles. The van der Waals surface area contributed by atoms with Crippen LogP contribution in [0.15, 0.2) is 76.4 Å². The van der Waals surface area contributed by atoms with E-state index in [0.29, 0.717) is 17.1 Å². The number of nitrogens with zero attached hydrogens (tertiary/aromatic N) is 1. The average molecular weight is 477 g/mol. The molecule has 0 saturated heterocycles. The van der Waals surface area contributed by atoms with E-state index >= 15 is 0 Å². The number of carbonyl (C=O) groups excluding carboxylic acids is 2. The standard InChI is InChI=1S/C28H32N2O5/c1-27(2,3)19-28(4,5)21-11-13-22(14-12-21)34-18-25(31)30-29-17-20-8-6-9-23(16-20)35-26(32)24-10-7-15-33-24/h6-17H,18-19H2,1-5H3,(H,30,31)/b29-17-. The molecule has 1 amide bonds. The predicted molar refractivity (Wildman–Crippen MR) is 135 cm³/mol. The van der Waals surface area contributed by atoms with E-state index in [1.165, 1.54) is 24.1 Å². The molecule has 2 aromatic carbocycles. The van der Waals surface area contributed by atoms with Crippen LogP contribution in [0.5, 0.6) is 11.5 Å². The zero-order valence-corrected chi connectivity index (χ0v) is 20.8. The first-order chi connectivity index (χ1) is 16.5. The van der Waals surface area contributed by atoms with E-state index in [4.69, 9.17) is 13.9 Å². The van der Waals surface area contributed by atoms with Gasteiger partial charge in [-0.3, -0.25) is 4.79 Å². The third-order valence-corrected chi connectivity index (χ3v) is 5.17. The van der Waals surface area contributed by atoms with E-state index in [-0.39, 0.29) is 23.2 Å². The Morgan fingerprint density at radius 1 is 0.971 bits per heavy atom. The highest BCUT2D eigenvalue weighted by Crippen LogP contribution is 2.36. The van der Waals surface area contributed by atoms with E-state index < -0.39 is 11.9 Å². The van der Waals surface area contributed by atoms with Crippen LogP contribution in [0.25, 0.3) is 0 Å².